The Morgan fingerprint density at radius 2 is 2.12 bits per heavy atom. The lowest BCUT2D eigenvalue weighted by atomic mass is 9.58. The number of rotatable bonds is 1. The summed E-state index contributed by atoms with van der Waals surface area (Å²) < 4.78 is 5.61. The monoisotopic (exact) mass is 234 g/mol. The van der Waals surface area contributed by atoms with Crippen molar-refractivity contribution in [2.45, 2.75) is 45.6 Å². The molecule has 3 rings (SSSR count). The summed E-state index contributed by atoms with van der Waals surface area (Å²) in [5, 5.41) is 9.90. The molecular weight excluding hydrogens is 212 g/mol. The van der Waals surface area contributed by atoms with Crippen molar-refractivity contribution in [1.29, 1.82) is 0 Å². The van der Waals surface area contributed by atoms with Crippen LogP contribution in [0.3, 0.4) is 0 Å². The quantitative estimate of drug-likeness (QED) is 0.703. The molecular formula is C15H22O2. The molecule has 94 valence electrons. The van der Waals surface area contributed by atoms with E-state index < -0.39 is 0 Å². The van der Waals surface area contributed by atoms with E-state index in [0.717, 1.165) is 13.0 Å². The SMILES string of the molecule is CC1=C(O)C=C[C@]2(C)CC[C@@H](C3(C)CO3)CC12. The maximum atomic E-state index is 9.90. The molecule has 1 saturated heterocycles. The molecule has 1 aliphatic heterocycles. The molecule has 17 heavy (non-hydrogen) atoms. The number of fused-ring (bicyclic) bond motifs is 1. The first kappa shape index (κ1) is 11.3. The molecule has 2 aliphatic carbocycles. The molecule has 2 fully saturated rings. The number of aliphatic hydroxyl groups is 1. The van der Waals surface area contributed by atoms with Crippen molar-refractivity contribution in [2.75, 3.05) is 6.61 Å². The minimum Gasteiger partial charge on any atom is -0.508 e. The highest BCUT2D eigenvalue weighted by molar-refractivity contribution is 5.31. The third-order valence-corrected chi connectivity index (χ3v) is 5.36. The Morgan fingerprint density at radius 3 is 2.76 bits per heavy atom. The normalized spacial score (nSPS) is 49.1. The van der Waals surface area contributed by atoms with E-state index in [-0.39, 0.29) is 11.0 Å². The van der Waals surface area contributed by atoms with Crippen LogP contribution in [0.1, 0.15) is 40.0 Å². The van der Waals surface area contributed by atoms with Crippen LogP contribution in [0, 0.1) is 17.3 Å². The molecule has 1 heterocycles. The largest absolute Gasteiger partial charge is 0.508 e. The maximum Gasteiger partial charge on any atom is 0.114 e. The Labute approximate surface area is 103 Å². The van der Waals surface area contributed by atoms with Gasteiger partial charge in [-0.05, 0) is 62.0 Å². The van der Waals surface area contributed by atoms with Crippen LogP contribution < -0.4 is 0 Å². The lowest BCUT2D eigenvalue weighted by Crippen LogP contribution is -2.39. The third-order valence-electron chi connectivity index (χ3n) is 5.36. The molecule has 3 aliphatic rings. The fraction of sp³-hybridized carbons (Fsp3) is 0.733. The number of allylic oxidation sites excluding steroid dienone is 3. The van der Waals surface area contributed by atoms with E-state index >= 15 is 0 Å². The van der Waals surface area contributed by atoms with Gasteiger partial charge in [-0.25, -0.2) is 0 Å². The van der Waals surface area contributed by atoms with Gasteiger partial charge in [0, 0.05) is 0 Å². The van der Waals surface area contributed by atoms with E-state index in [2.05, 4.69) is 26.8 Å². The second kappa shape index (κ2) is 3.38. The van der Waals surface area contributed by atoms with Gasteiger partial charge in [0.1, 0.15) is 5.76 Å². The van der Waals surface area contributed by atoms with Crippen LogP contribution in [0.15, 0.2) is 23.5 Å². The molecule has 0 spiro atoms. The second-order valence-corrected chi connectivity index (χ2v) is 6.53. The number of hydrogen-bond donors (Lipinski definition) is 1. The summed E-state index contributed by atoms with van der Waals surface area (Å²) in [6.07, 6.45) is 7.73. The van der Waals surface area contributed by atoms with Gasteiger partial charge in [-0.2, -0.15) is 0 Å². The number of epoxide rings is 1. The fourth-order valence-electron chi connectivity index (χ4n) is 3.69. The highest BCUT2D eigenvalue weighted by Gasteiger charge is 2.52. The van der Waals surface area contributed by atoms with Crippen LogP contribution in [-0.4, -0.2) is 17.3 Å². The van der Waals surface area contributed by atoms with Gasteiger partial charge in [0.05, 0.1) is 12.2 Å². The maximum absolute atomic E-state index is 9.90. The molecule has 2 nitrogen and oxygen atoms in total. The lowest BCUT2D eigenvalue weighted by molar-refractivity contribution is 0.0940. The van der Waals surface area contributed by atoms with Gasteiger partial charge >= 0.3 is 0 Å². The Kier molecular flexibility index (Phi) is 2.25. The summed E-state index contributed by atoms with van der Waals surface area (Å²) in [5.41, 5.74) is 1.56. The predicted octanol–water partition coefficient (Wildman–Crippen LogP) is 3.60. The van der Waals surface area contributed by atoms with Crippen molar-refractivity contribution in [3.63, 3.8) is 0 Å². The minimum absolute atomic E-state index is 0.137. The van der Waals surface area contributed by atoms with Gasteiger partial charge in [-0.3, -0.25) is 0 Å². The standard InChI is InChI=1S/C15H22O2/c1-10-12-8-11(15(3)9-17-15)4-6-14(12,2)7-5-13(10)16/h5,7,11-12,16H,4,6,8-9H2,1-3H3/t11-,12?,14+,15?/m1/s1. The van der Waals surface area contributed by atoms with Crippen molar-refractivity contribution in [2.24, 2.45) is 17.3 Å². The van der Waals surface area contributed by atoms with Gasteiger partial charge in [-0.1, -0.05) is 13.0 Å². The summed E-state index contributed by atoms with van der Waals surface area (Å²) in [4.78, 5) is 0. The van der Waals surface area contributed by atoms with E-state index in [0.29, 0.717) is 17.6 Å². The van der Waals surface area contributed by atoms with Crippen LogP contribution in [0.5, 0.6) is 0 Å². The smallest absolute Gasteiger partial charge is 0.114 e. The second-order valence-electron chi connectivity index (χ2n) is 6.53. The van der Waals surface area contributed by atoms with Gasteiger partial charge in [-0.15, -0.1) is 0 Å². The molecule has 0 aromatic carbocycles. The van der Waals surface area contributed by atoms with E-state index in [1.807, 2.05) is 6.08 Å². The lowest BCUT2D eigenvalue weighted by Gasteiger charge is -2.46. The van der Waals surface area contributed by atoms with E-state index in [1.54, 1.807) is 0 Å². The average molecular weight is 234 g/mol. The van der Waals surface area contributed by atoms with Crippen LogP contribution >= 0.6 is 0 Å². The first-order valence-electron chi connectivity index (χ1n) is 6.67. The zero-order valence-electron chi connectivity index (χ0n) is 11.0. The minimum atomic E-state index is 0.137. The molecule has 2 unspecified atom stereocenters. The zero-order chi connectivity index (χ0) is 12.3. The molecule has 0 amide bonds. The summed E-state index contributed by atoms with van der Waals surface area (Å²) in [6, 6.07) is 0. The summed E-state index contributed by atoms with van der Waals surface area (Å²) in [7, 11) is 0. The fourth-order valence-corrected chi connectivity index (χ4v) is 3.69. The predicted molar refractivity (Wildman–Crippen MR) is 67.8 cm³/mol. The Balaban J connectivity index is 1.87. The molecule has 0 radical (unpaired) electrons. The van der Waals surface area contributed by atoms with Crippen LogP contribution in [0.4, 0.5) is 0 Å². The van der Waals surface area contributed by atoms with E-state index in [1.165, 1.54) is 18.4 Å². The van der Waals surface area contributed by atoms with Gasteiger partial charge in [0.15, 0.2) is 0 Å². The first-order chi connectivity index (χ1) is 7.95. The molecule has 0 bridgehead atoms. The summed E-state index contributed by atoms with van der Waals surface area (Å²) in [5.74, 6) is 1.64. The summed E-state index contributed by atoms with van der Waals surface area (Å²) in [6.45, 7) is 7.57. The molecule has 4 atom stereocenters. The number of ether oxygens (including phenoxy) is 1. The number of aliphatic hydroxyl groups excluding tert-OH is 1. The molecule has 0 aromatic rings. The van der Waals surface area contributed by atoms with Crippen molar-refractivity contribution < 1.29 is 9.84 Å². The Morgan fingerprint density at radius 1 is 1.41 bits per heavy atom. The van der Waals surface area contributed by atoms with Gasteiger partial charge in [0.2, 0.25) is 0 Å². The van der Waals surface area contributed by atoms with Crippen molar-refractivity contribution in [1.82, 2.24) is 0 Å². The van der Waals surface area contributed by atoms with Gasteiger partial charge in [0.25, 0.3) is 0 Å². The molecule has 2 heteroatoms. The average Bonchev–Trinajstić information content (AvgIpc) is 3.04. The topological polar surface area (TPSA) is 32.8 Å². The highest BCUT2D eigenvalue weighted by atomic mass is 16.6. The zero-order valence-corrected chi connectivity index (χ0v) is 11.0. The van der Waals surface area contributed by atoms with Crippen molar-refractivity contribution >= 4 is 0 Å². The van der Waals surface area contributed by atoms with E-state index in [4.69, 9.17) is 4.74 Å². The molecule has 1 saturated carbocycles. The van der Waals surface area contributed by atoms with Crippen LogP contribution in [0.2, 0.25) is 0 Å². The van der Waals surface area contributed by atoms with Crippen LogP contribution in [-0.2, 0) is 4.74 Å². The highest BCUT2D eigenvalue weighted by Crippen LogP contribution is 2.54. The molecule has 1 N–H and O–H groups in total. The Bertz CT molecular complexity index is 403. The van der Waals surface area contributed by atoms with E-state index in [9.17, 15) is 5.11 Å². The summed E-state index contributed by atoms with van der Waals surface area (Å²) >= 11 is 0. The van der Waals surface area contributed by atoms with Crippen molar-refractivity contribution in [3.05, 3.63) is 23.5 Å². The first-order valence-corrected chi connectivity index (χ1v) is 6.67. The third kappa shape index (κ3) is 1.65. The van der Waals surface area contributed by atoms with Crippen molar-refractivity contribution in [3.8, 4) is 0 Å². The van der Waals surface area contributed by atoms with Gasteiger partial charge < -0.3 is 9.84 Å². The Hall–Kier alpha value is -0.760. The number of hydrogen-bond acceptors (Lipinski definition) is 2. The van der Waals surface area contributed by atoms with Crippen LogP contribution in [0.25, 0.3) is 0 Å². The molecule has 0 aromatic heterocycles.